The molecule has 0 radical (unpaired) electrons. The lowest BCUT2D eigenvalue weighted by Crippen LogP contribution is -2.51. The fraction of sp³-hybridized carbons (Fsp3) is 0.439. The Labute approximate surface area is 339 Å². The van der Waals surface area contributed by atoms with Crippen molar-refractivity contribution in [3.63, 3.8) is 0 Å². The number of fused-ring (bicyclic) bond motifs is 4. The molecule has 0 aliphatic carbocycles. The summed E-state index contributed by atoms with van der Waals surface area (Å²) in [5.41, 5.74) is 2.00. The normalized spacial score (nSPS) is 21.2. The minimum absolute atomic E-state index is 0.0575. The number of anilines is 1. The summed E-state index contributed by atoms with van der Waals surface area (Å²) in [5.74, 6) is 0.943. The number of nitrogens with zero attached hydrogens (tertiary/aromatic N) is 5. The third-order valence-corrected chi connectivity index (χ3v) is 13.0. The molecule has 4 aliphatic heterocycles. The third kappa shape index (κ3) is 8.53. The van der Waals surface area contributed by atoms with Gasteiger partial charge in [-0.05, 0) is 60.2 Å². The number of methoxy groups -OCH3 is 2. The number of aliphatic imine (C=N–C) groups is 1. The fourth-order valence-electron chi connectivity index (χ4n) is 7.52. The number of rotatable bonds is 13. The number of carbonyl (C=O) groups excluding carboxylic acids is 3. The highest BCUT2D eigenvalue weighted by Crippen LogP contribution is 2.45. The third-order valence-electron chi connectivity index (χ3n) is 10.2. The Bertz CT molecular complexity index is 2070. The van der Waals surface area contributed by atoms with Crippen LogP contribution in [-0.4, -0.2) is 115 Å². The molecule has 302 valence electrons. The van der Waals surface area contributed by atoms with E-state index in [0.29, 0.717) is 60.9 Å². The molecule has 2 saturated heterocycles. The van der Waals surface area contributed by atoms with E-state index in [2.05, 4.69) is 16.6 Å². The number of carbonyl (C=O) groups is 3. The van der Waals surface area contributed by atoms with Crippen molar-refractivity contribution in [2.75, 3.05) is 52.0 Å². The number of pyridine rings is 1. The first-order valence-electron chi connectivity index (χ1n) is 18.8. The van der Waals surface area contributed by atoms with Crippen LogP contribution in [0, 0.1) is 5.41 Å². The zero-order valence-corrected chi connectivity index (χ0v) is 34.3. The maximum Gasteiger partial charge on any atom is 0.416 e. The van der Waals surface area contributed by atoms with Crippen LogP contribution in [0.5, 0.6) is 23.0 Å². The molecule has 2 unspecified atom stereocenters. The first kappa shape index (κ1) is 40.3. The summed E-state index contributed by atoms with van der Waals surface area (Å²) in [6, 6.07) is 11.3. The van der Waals surface area contributed by atoms with Crippen molar-refractivity contribution in [2.45, 2.75) is 68.6 Å². The summed E-state index contributed by atoms with van der Waals surface area (Å²) in [4.78, 5) is 54.9. The number of hydrogen-bond donors (Lipinski definition) is 1. The van der Waals surface area contributed by atoms with E-state index in [9.17, 15) is 19.5 Å². The molecule has 7 rings (SSSR count). The van der Waals surface area contributed by atoms with Crippen LogP contribution >= 0.6 is 21.6 Å². The van der Waals surface area contributed by atoms with Crippen molar-refractivity contribution < 1.29 is 43.2 Å². The van der Waals surface area contributed by atoms with Gasteiger partial charge in [0.25, 0.3) is 11.8 Å². The van der Waals surface area contributed by atoms with E-state index in [1.807, 2.05) is 39.0 Å². The van der Waals surface area contributed by atoms with E-state index in [1.54, 1.807) is 46.5 Å². The topological polar surface area (TPSA) is 153 Å². The highest BCUT2D eigenvalue weighted by atomic mass is 33.1. The molecule has 3 amide bonds. The predicted octanol–water partition coefficient (Wildman–Crippen LogP) is 6.78. The van der Waals surface area contributed by atoms with Crippen LogP contribution in [0.25, 0.3) is 0 Å². The van der Waals surface area contributed by atoms with Gasteiger partial charge in [-0.15, -0.1) is 0 Å². The van der Waals surface area contributed by atoms with E-state index >= 15 is 0 Å². The largest absolute Gasteiger partial charge is 0.493 e. The SMILES string of the molecule is C=C1C[C@H]2C=Nc3cc(OCCCOc4cc5c(cc4OC)C(=O)N4CC(C)(C)C[C@H]4C(O)N5C(=O)OCC(C)SSc4ccccn4)c(OC)cc3C(=O)N2C1. The van der Waals surface area contributed by atoms with Gasteiger partial charge in [-0.1, -0.05) is 42.9 Å². The van der Waals surface area contributed by atoms with E-state index in [0.717, 1.165) is 15.5 Å². The van der Waals surface area contributed by atoms with Crippen LogP contribution in [0.2, 0.25) is 0 Å². The van der Waals surface area contributed by atoms with E-state index in [-0.39, 0.29) is 65.3 Å². The fourth-order valence-corrected chi connectivity index (χ4v) is 9.39. The molecule has 14 nitrogen and oxygen atoms in total. The van der Waals surface area contributed by atoms with Crippen LogP contribution in [0.4, 0.5) is 16.2 Å². The zero-order chi connectivity index (χ0) is 40.4. The van der Waals surface area contributed by atoms with E-state index in [1.165, 1.54) is 35.8 Å². The van der Waals surface area contributed by atoms with Crippen molar-refractivity contribution in [3.8, 4) is 23.0 Å². The number of aliphatic hydroxyl groups is 1. The molecule has 5 heterocycles. The molecule has 4 aliphatic rings. The quantitative estimate of drug-likeness (QED) is 0.110. The maximum atomic E-state index is 14.1. The first-order chi connectivity index (χ1) is 27.4. The summed E-state index contributed by atoms with van der Waals surface area (Å²) in [7, 11) is 5.98. The summed E-state index contributed by atoms with van der Waals surface area (Å²) >= 11 is 0. The Hall–Kier alpha value is -4.93. The zero-order valence-electron chi connectivity index (χ0n) is 32.6. The summed E-state index contributed by atoms with van der Waals surface area (Å²) in [6.07, 6.45) is 2.92. The molecule has 4 atom stereocenters. The Morgan fingerprint density at radius 3 is 2.40 bits per heavy atom. The minimum Gasteiger partial charge on any atom is -0.493 e. The van der Waals surface area contributed by atoms with Gasteiger partial charge >= 0.3 is 6.09 Å². The van der Waals surface area contributed by atoms with Gasteiger partial charge in [0.05, 0.1) is 62.0 Å². The Balaban J connectivity index is 1.06. The molecule has 57 heavy (non-hydrogen) atoms. The Morgan fingerprint density at radius 2 is 1.70 bits per heavy atom. The number of amides is 3. The molecule has 1 aromatic heterocycles. The van der Waals surface area contributed by atoms with Crippen LogP contribution in [0.1, 0.15) is 60.7 Å². The molecule has 0 spiro atoms. The Morgan fingerprint density at radius 1 is 1.00 bits per heavy atom. The van der Waals surface area contributed by atoms with Gasteiger partial charge in [0, 0.05) is 49.3 Å². The molecule has 1 N–H and O–H groups in total. The lowest BCUT2D eigenvalue weighted by atomic mass is 9.90. The standard InChI is InChI=1S/C41H47N5O9S2/c1-24-14-26-20-43-29-17-34(32(51-5)15-27(29)37(47)44(26)21-24)53-12-9-13-54-35-18-30-28(16-33(35)52-6)38(48)45-23-41(3,4)19-31(45)39(49)46(30)40(50)55-22-25(2)56-57-36-10-7-8-11-42-36/h7-8,10-11,15-18,20,25-26,31,39,49H,1,9,12-14,19,21-23H2,2-6H3/t25?,26-,31-,39?/m0/s1. The van der Waals surface area contributed by atoms with Crippen molar-refractivity contribution >= 4 is 57.1 Å². The van der Waals surface area contributed by atoms with Crippen LogP contribution < -0.4 is 23.8 Å². The Kier molecular flexibility index (Phi) is 11.9. The van der Waals surface area contributed by atoms with E-state index in [4.69, 9.17) is 23.7 Å². The lowest BCUT2D eigenvalue weighted by molar-refractivity contribution is 0.0490. The molecule has 0 saturated carbocycles. The molecule has 2 aromatic carbocycles. The number of ether oxygens (including phenoxy) is 5. The van der Waals surface area contributed by atoms with Crippen molar-refractivity contribution in [2.24, 2.45) is 10.4 Å². The summed E-state index contributed by atoms with van der Waals surface area (Å²) in [6.45, 7) is 11.4. The number of aromatic nitrogens is 1. The van der Waals surface area contributed by atoms with Gasteiger partial charge in [0.1, 0.15) is 11.6 Å². The predicted molar refractivity (Wildman–Crippen MR) is 219 cm³/mol. The monoisotopic (exact) mass is 817 g/mol. The summed E-state index contributed by atoms with van der Waals surface area (Å²) in [5, 5.41) is 12.6. The molecule has 0 bridgehead atoms. The number of hydrogen-bond acceptors (Lipinski definition) is 13. The van der Waals surface area contributed by atoms with Crippen molar-refractivity contribution in [3.05, 3.63) is 71.9 Å². The van der Waals surface area contributed by atoms with Crippen LogP contribution in [0.3, 0.4) is 0 Å². The number of benzene rings is 2. The van der Waals surface area contributed by atoms with Gasteiger partial charge in [0.2, 0.25) is 0 Å². The lowest BCUT2D eigenvalue weighted by Gasteiger charge is -2.32. The van der Waals surface area contributed by atoms with Crippen LogP contribution in [-0.2, 0) is 4.74 Å². The van der Waals surface area contributed by atoms with Gasteiger partial charge < -0.3 is 38.6 Å². The highest BCUT2D eigenvalue weighted by molar-refractivity contribution is 8.76. The minimum atomic E-state index is -1.38. The highest BCUT2D eigenvalue weighted by Gasteiger charge is 2.50. The van der Waals surface area contributed by atoms with Gasteiger partial charge in [-0.25, -0.2) is 14.7 Å². The molecular weight excluding hydrogens is 771 g/mol. The van der Waals surface area contributed by atoms with Gasteiger partial charge in [-0.2, -0.15) is 0 Å². The molecule has 3 aromatic rings. The number of aliphatic hydroxyl groups excluding tert-OH is 1. The summed E-state index contributed by atoms with van der Waals surface area (Å²) < 4.78 is 29.4. The molecule has 2 fully saturated rings. The average molecular weight is 818 g/mol. The molecular formula is C41H47N5O9S2. The van der Waals surface area contributed by atoms with Crippen molar-refractivity contribution in [1.29, 1.82) is 0 Å². The van der Waals surface area contributed by atoms with Gasteiger partial charge in [-0.3, -0.25) is 14.6 Å². The van der Waals surface area contributed by atoms with Crippen LogP contribution in [0.15, 0.2) is 70.8 Å². The second-order valence-corrected chi connectivity index (χ2v) is 17.9. The van der Waals surface area contributed by atoms with Crippen molar-refractivity contribution in [1.82, 2.24) is 14.8 Å². The van der Waals surface area contributed by atoms with Gasteiger partial charge in [0.15, 0.2) is 29.2 Å². The second-order valence-electron chi connectivity index (χ2n) is 15.2. The average Bonchev–Trinajstić information content (AvgIpc) is 3.70. The smallest absolute Gasteiger partial charge is 0.416 e. The van der Waals surface area contributed by atoms with E-state index < -0.39 is 18.4 Å². The second kappa shape index (κ2) is 16.9. The molecule has 16 heteroatoms. The first-order valence-corrected chi connectivity index (χ1v) is 21.0. The maximum absolute atomic E-state index is 14.1.